The van der Waals surface area contributed by atoms with Gasteiger partial charge in [-0.1, -0.05) is 22.0 Å². The summed E-state index contributed by atoms with van der Waals surface area (Å²) in [6.07, 6.45) is 2.39. The number of hydrazone groups is 1. The van der Waals surface area contributed by atoms with Crippen molar-refractivity contribution in [1.82, 2.24) is 5.43 Å². The summed E-state index contributed by atoms with van der Waals surface area (Å²) in [6, 6.07) is 7.26. The van der Waals surface area contributed by atoms with E-state index in [9.17, 15) is 4.79 Å². The molecule has 1 amide bonds. The van der Waals surface area contributed by atoms with E-state index in [1.807, 2.05) is 19.1 Å². The Morgan fingerprint density at radius 1 is 1.50 bits per heavy atom. The molecule has 16 heavy (non-hydrogen) atoms. The van der Waals surface area contributed by atoms with E-state index in [0.29, 0.717) is 11.5 Å². The average molecular weight is 281 g/mol. The van der Waals surface area contributed by atoms with E-state index in [2.05, 4.69) is 26.5 Å². The van der Waals surface area contributed by atoms with Gasteiger partial charge in [0, 0.05) is 15.7 Å². The summed E-state index contributed by atoms with van der Waals surface area (Å²) in [5, 5.41) is 4.09. The molecule has 1 aliphatic carbocycles. The summed E-state index contributed by atoms with van der Waals surface area (Å²) in [5.74, 6) is 0.420. The quantitative estimate of drug-likeness (QED) is 0.671. The molecule has 0 saturated heterocycles. The van der Waals surface area contributed by atoms with Gasteiger partial charge in [-0.25, -0.2) is 5.43 Å². The molecule has 1 fully saturated rings. The third-order valence-electron chi connectivity index (χ3n) is 2.59. The van der Waals surface area contributed by atoms with Crippen molar-refractivity contribution in [3.8, 4) is 0 Å². The minimum absolute atomic E-state index is 0.165. The number of hydrogen-bond donors (Lipinski definition) is 1. The predicted molar refractivity (Wildman–Crippen MR) is 67.4 cm³/mol. The molecule has 0 atom stereocenters. The third-order valence-corrected chi connectivity index (χ3v) is 3.08. The first-order valence-corrected chi connectivity index (χ1v) is 6.06. The van der Waals surface area contributed by atoms with E-state index in [1.54, 1.807) is 12.1 Å². The highest BCUT2D eigenvalue weighted by Crippen LogP contribution is 2.30. The third kappa shape index (κ3) is 2.92. The molecule has 0 bridgehead atoms. The number of carbonyl (C=O) groups excluding carboxylic acids is 1. The fourth-order valence-corrected chi connectivity index (χ4v) is 1.82. The van der Waals surface area contributed by atoms with Crippen LogP contribution in [-0.2, 0) is 0 Å². The molecule has 2 rings (SSSR count). The van der Waals surface area contributed by atoms with Crippen LogP contribution >= 0.6 is 15.9 Å². The zero-order valence-corrected chi connectivity index (χ0v) is 10.6. The van der Waals surface area contributed by atoms with E-state index in [1.165, 1.54) is 12.8 Å². The molecule has 1 saturated carbocycles. The first kappa shape index (κ1) is 11.3. The van der Waals surface area contributed by atoms with Crippen molar-refractivity contribution in [2.24, 2.45) is 11.0 Å². The van der Waals surface area contributed by atoms with Crippen LogP contribution in [0.1, 0.15) is 30.1 Å². The van der Waals surface area contributed by atoms with Crippen molar-refractivity contribution in [2.75, 3.05) is 0 Å². The van der Waals surface area contributed by atoms with Gasteiger partial charge in [-0.15, -0.1) is 0 Å². The number of rotatable bonds is 3. The minimum atomic E-state index is -0.165. The molecule has 1 aromatic carbocycles. The zero-order chi connectivity index (χ0) is 11.5. The molecular weight excluding hydrogens is 268 g/mol. The average Bonchev–Trinajstić information content (AvgIpc) is 3.09. The largest absolute Gasteiger partial charge is 0.271 e. The topological polar surface area (TPSA) is 41.5 Å². The van der Waals surface area contributed by atoms with Crippen molar-refractivity contribution in [3.05, 3.63) is 34.3 Å². The number of nitrogens with one attached hydrogen (secondary N) is 1. The molecular formula is C12H13BrN2O. The van der Waals surface area contributed by atoms with Gasteiger partial charge in [0.1, 0.15) is 0 Å². The number of hydrogen-bond acceptors (Lipinski definition) is 2. The van der Waals surface area contributed by atoms with E-state index in [0.717, 1.165) is 10.2 Å². The Hall–Kier alpha value is -1.16. The van der Waals surface area contributed by atoms with Crippen LogP contribution in [0.5, 0.6) is 0 Å². The standard InChI is InChI=1S/C12H13BrN2O/c1-8(9-5-6-9)14-15-12(16)10-3-2-4-11(13)7-10/h2-4,7,9H,5-6H2,1H3,(H,15,16). The summed E-state index contributed by atoms with van der Waals surface area (Å²) in [5.41, 5.74) is 4.21. The predicted octanol–water partition coefficient (Wildman–Crippen LogP) is 2.96. The molecule has 84 valence electrons. The highest BCUT2D eigenvalue weighted by Gasteiger charge is 2.24. The van der Waals surface area contributed by atoms with Crippen molar-refractivity contribution in [3.63, 3.8) is 0 Å². The molecule has 0 spiro atoms. The molecule has 3 nitrogen and oxygen atoms in total. The van der Waals surface area contributed by atoms with Crippen molar-refractivity contribution in [1.29, 1.82) is 0 Å². The number of nitrogens with zero attached hydrogens (tertiary/aromatic N) is 1. The lowest BCUT2D eigenvalue weighted by Gasteiger charge is -2.02. The normalized spacial score (nSPS) is 16.0. The van der Waals surface area contributed by atoms with Crippen LogP contribution in [0.2, 0.25) is 0 Å². The Morgan fingerprint density at radius 2 is 2.25 bits per heavy atom. The van der Waals surface area contributed by atoms with Crippen molar-refractivity contribution >= 4 is 27.5 Å². The van der Waals surface area contributed by atoms with Gasteiger partial charge in [-0.05, 0) is 43.9 Å². The summed E-state index contributed by atoms with van der Waals surface area (Å²) in [4.78, 5) is 11.7. The van der Waals surface area contributed by atoms with Crippen LogP contribution in [0.15, 0.2) is 33.8 Å². The van der Waals surface area contributed by atoms with Crippen LogP contribution in [0.4, 0.5) is 0 Å². The molecule has 1 aliphatic rings. The first-order valence-electron chi connectivity index (χ1n) is 5.27. The maximum absolute atomic E-state index is 11.7. The molecule has 0 unspecified atom stereocenters. The summed E-state index contributed by atoms with van der Waals surface area (Å²) >= 11 is 3.33. The summed E-state index contributed by atoms with van der Waals surface area (Å²) in [7, 11) is 0. The van der Waals surface area contributed by atoms with Gasteiger partial charge in [-0.3, -0.25) is 4.79 Å². The van der Waals surface area contributed by atoms with Gasteiger partial charge >= 0.3 is 0 Å². The molecule has 1 N–H and O–H groups in total. The molecule has 0 aromatic heterocycles. The fourth-order valence-electron chi connectivity index (χ4n) is 1.43. The smallest absolute Gasteiger partial charge is 0.267 e. The van der Waals surface area contributed by atoms with Crippen molar-refractivity contribution < 1.29 is 4.79 Å². The number of halogens is 1. The van der Waals surface area contributed by atoms with Crippen LogP contribution < -0.4 is 5.43 Å². The molecule has 0 heterocycles. The monoisotopic (exact) mass is 280 g/mol. The molecule has 1 aromatic rings. The minimum Gasteiger partial charge on any atom is -0.267 e. The number of carbonyl (C=O) groups is 1. The van der Waals surface area contributed by atoms with E-state index >= 15 is 0 Å². The summed E-state index contributed by atoms with van der Waals surface area (Å²) in [6.45, 7) is 1.96. The zero-order valence-electron chi connectivity index (χ0n) is 9.03. The van der Waals surface area contributed by atoms with Crippen molar-refractivity contribution in [2.45, 2.75) is 19.8 Å². The van der Waals surface area contributed by atoms with Gasteiger partial charge in [0.2, 0.25) is 0 Å². The Bertz CT molecular complexity index is 438. The lowest BCUT2D eigenvalue weighted by Crippen LogP contribution is -2.19. The highest BCUT2D eigenvalue weighted by molar-refractivity contribution is 9.10. The van der Waals surface area contributed by atoms with E-state index in [-0.39, 0.29) is 5.91 Å². The molecule has 4 heteroatoms. The SMILES string of the molecule is CC(=NNC(=O)c1cccc(Br)c1)C1CC1. The second-order valence-corrected chi connectivity index (χ2v) is 4.89. The lowest BCUT2D eigenvalue weighted by molar-refractivity contribution is 0.0954. The maximum Gasteiger partial charge on any atom is 0.271 e. The van der Waals surface area contributed by atoms with Gasteiger partial charge in [0.15, 0.2) is 0 Å². The first-order chi connectivity index (χ1) is 7.66. The van der Waals surface area contributed by atoms with Gasteiger partial charge in [-0.2, -0.15) is 5.10 Å². The van der Waals surface area contributed by atoms with Gasteiger partial charge in [0.05, 0.1) is 0 Å². The number of amides is 1. The van der Waals surface area contributed by atoms with Gasteiger partial charge in [0.25, 0.3) is 5.91 Å². The lowest BCUT2D eigenvalue weighted by atomic mass is 10.2. The maximum atomic E-state index is 11.7. The van der Waals surface area contributed by atoms with Crippen LogP contribution in [0.3, 0.4) is 0 Å². The Morgan fingerprint density at radius 3 is 2.88 bits per heavy atom. The van der Waals surface area contributed by atoms with Gasteiger partial charge < -0.3 is 0 Å². The summed E-state index contributed by atoms with van der Waals surface area (Å²) < 4.78 is 0.892. The second-order valence-electron chi connectivity index (χ2n) is 3.98. The van der Waals surface area contributed by atoms with E-state index < -0.39 is 0 Å². The Kier molecular flexibility index (Phi) is 3.39. The van der Waals surface area contributed by atoms with Crippen LogP contribution in [0, 0.1) is 5.92 Å². The molecule has 0 radical (unpaired) electrons. The van der Waals surface area contributed by atoms with Crippen LogP contribution in [-0.4, -0.2) is 11.6 Å². The fraction of sp³-hybridized carbons (Fsp3) is 0.333. The van der Waals surface area contributed by atoms with E-state index in [4.69, 9.17) is 0 Å². The molecule has 0 aliphatic heterocycles. The number of benzene rings is 1. The highest BCUT2D eigenvalue weighted by atomic mass is 79.9. The second kappa shape index (κ2) is 4.78. The Labute approximate surface area is 103 Å². The van der Waals surface area contributed by atoms with Crippen LogP contribution in [0.25, 0.3) is 0 Å². The Balaban J connectivity index is 2.00.